The Morgan fingerprint density at radius 1 is 1.59 bits per heavy atom. The molecule has 0 radical (unpaired) electrons. The van der Waals surface area contributed by atoms with E-state index < -0.39 is 0 Å². The molecule has 17 heavy (non-hydrogen) atoms. The Balaban J connectivity index is 2.24. The fourth-order valence-electron chi connectivity index (χ4n) is 1.94. The minimum absolute atomic E-state index is 0.164. The molecule has 0 spiro atoms. The van der Waals surface area contributed by atoms with E-state index in [0.29, 0.717) is 37.6 Å². The number of nitrogens with one attached hydrogen (secondary N) is 1. The molecule has 0 amide bonds. The Hall–Kier alpha value is -1.89. The van der Waals surface area contributed by atoms with Crippen molar-refractivity contribution in [2.45, 2.75) is 20.0 Å². The Morgan fingerprint density at radius 3 is 3.29 bits per heavy atom. The van der Waals surface area contributed by atoms with Crippen molar-refractivity contribution in [3.05, 3.63) is 21.6 Å². The van der Waals surface area contributed by atoms with Gasteiger partial charge in [-0.3, -0.25) is 9.78 Å². The lowest BCUT2D eigenvalue weighted by Gasteiger charge is -2.15. The smallest absolute Gasteiger partial charge is 0.337 e. The first-order valence-corrected chi connectivity index (χ1v) is 5.51. The van der Waals surface area contributed by atoms with Crippen LogP contribution in [0, 0.1) is 0 Å². The normalized spacial score (nSPS) is 14.9. The molecule has 90 valence electrons. The summed E-state index contributed by atoms with van der Waals surface area (Å²) in [5.41, 5.74) is 1.31. The summed E-state index contributed by atoms with van der Waals surface area (Å²) < 4.78 is 12.1. The van der Waals surface area contributed by atoms with E-state index in [2.05, 4.69) is 15.1 Å². The van der Waals surface area contributed by atoms with Gasteiger partial charge in [0.2, 0.25) is 5.78 Å². The summed E-state index contributed by atoms with van der Waals surface area (Å²) in [5, 5.41) is 4.21. The minimum Gasteiger partial charge on any atom is -0.463 e. The first-order chi connectivity index (χ1) is 8.29. The van der Waals surface area contributed by atoms with Crippen molar-refractivity contribution in [2.24, 2.45) is 0 Å². The molecule has 1 N–H and O–H groups in total. The molecule has 2 aromatic heterocycles. The van der Waals surface area contributed by atoms with E-state index in [1.807, 2.05) is 6.92 Å². The second kappa shape index (κ2) is 3.85. The fourth-order valence-corrected chi connectivity index (χ4v) is 1.94. The number of rotatable bonds is 2. The maximum atomic E-state index is 11.8. The van der Waals surface area contributed by atoms with E-state index in [4.69, 9.17) is 9.47 Å². The molecule has 0 atom stereocenters. The molecule has 3 heterocycles. The molecule has 3 rings (SSSR count). The predicted octanol–water partition coefficient (Wildman–Crippen LogP) is -0.111. The van der Waals surface area contributed by atoms with Gasteiger partial charge in [-0.15, -0.1) is 5.10 Å². The summed E-state index contributed by atoms with van der Waals surface area (Å²) in [6, 6.07) is 0.281. The van der Waals surface area contributed by atoms with Crippen LogP contribution in [0.5, 0.6) is 6.01 Å². The molecule has 7 nitrogen and oxygen atoms in total. The lowest BCUT2D eigenvalue weighted by atomic mass is 10.1. The van der Waals surface area contributed by atoms with Gasteiger partial charge >= 0.3 is 6.01 Å². The monoisotopic (exact) mass is 236 g/mol. The summed E-state index contributed by atoms with van der Waals surface area (Å²) in [6.45, 7) is 3.27. The molecule has 0 bridgehead atoms. The Morgan fingerprint density at radius 2 is 2.47 bits per heavy atom. The van der Waals surface area contributed by atoms with E-state index in [1.165, 1.54) is 0 Å². The van der Waals surface area contributed by atoms with Gasteiger partial charge in [-0.1, -0.05) is 0 Å². The third-order valence-corrected chi connectivity index (χ3v) is 2.69. The molecule has 0 aromatic carbocycles. The predicted molar refractivity (Wildman–Crippen MR) is 58.1 cm³/mol. The van der Waals surface area contributed by atoms with Crippen LogP contribution in [0.1, 0.15) is 18.2 Å². The van der Waals surface area contributed by atoms with Crippen molar-refractivity contribution in [1.29, 1.82) is 0 Å². The summed E-state index contributed by atoms with van der Waals surface area (Å²) >= 11 is 0. The van der Waals surface area contributed by atoms with E-state index in [0.717, 1.165) is 5.69 Å². The first kappa shape index (κ1) is 10.3. The van der Waals surface area contributed by atoms with Crippen LogP contribution < -0.4 is 10.3 Å². The number of nitrogens with zero attached hydrogens (tertiary/aromatic N) is 3. The summed E-state index contributed by atoms with van der Waals surface area (Å²) in [7, 11) is 0. The van der Waals surface area contributed by atoms with E-state index >= 15 is 0 Å². The van der Waals surface area contributed by atoms with Gasteiger partial charge in [-0.05, 0) is 6.92 Å². The molecule has 0 fully saturated rings. The van der Waals surface area contributed by atoms with Crippen molar-refractivity contribution in [3.8, 4) is 6.01 Å². The maximum Gasteiger partial charge on any atom is 0.337 e. The standard InChI is InChI=1S/C10H12N4O3/c1-2-17-10-12-9-11-8(15)6-5-16-4-3-7(6)14(9)13-10/h2-5H2,1H3,(H,11,12,13,15). The van der Waals surface area contributed by atoms with Crippen LogP contribution >= 0.6 is 0 Å². The molecule has 0 unspecified atom stereocenters. The maximum absolute atomic E-state index is 11.8. The van der Waals surface area contributed by atoms with E-state index in [1.54, 1.807) is 4.52 Å². The Bertz CT molecular complexity index is 616. The zero-order valence-corrected chi connectivity index (χ0v) is 9.39. The largest absolute Gasteiger partial charge is 0.463 e. The SMILES string of the molecule is CCOc1nc2[nH]c(=O)c3c(n2n1)CCOC3. The number of fused-ring (bicyclic) bond motifs is 3. The van der Waals surface area contributed by atoms with Crippen molar-refractivity contribution < 1.29 is 9.47 Å². The van der Waals surface area contributed by atoms with Crippen molar-refractivity contribution >= 4 is 5.78 Å². The molecular formula is C10H12N4O3. The van der Waals surface area contributed by atoms with Gasteiger partial charge in [0, 0.05) is 6.42 Å². The number of hydrogen-bond acceptors (Lipinski definition) is 5. The second-order valence-corrected chi connectivity index (χ2v) is 3.74. The highest BCUT2D eigenvalue weighted by molar-refractivity contribution is 5.34. The van der Waals surface area contributed by atoms with Gasteiger partial charge in [0.15, 0.2) is 0 Å². The minimum atomic E-state index is -0.164. The number of hydrogen-bond donors (Lipinski definition) is 1. The molecule has 0 aliphatic carbocycles. The summed E-state index contributed by atoms with van der Waals surface area (Å²) in [4.78, 5) is 18.6. The number of aromatic nitrogens is 4. The quantitative estimate of drug-likeness (QED) is 0.786. The highest BCUT2D eigenvalue weighted by Crippen LogP contribution is 2.14. The summed E-state index contributed by atoms with van der Waals surface area (Å²) in [6.07, 6.45) is 0.657. The number of aromatic amines is 1. The Kier molecular flexibility index (Phi) is 2.32. The molecule has 1 aliphatic heterocycles. The van der Waals surface area contributed by atoms with Crippen LogP contribution in [0.25, 0.3) is 5.78 Å². The number of ether oxygens (including phenoxy) is 2. The van der Waals surface area contributed by atoms with E-state index in [9.17, 15) is 4.79 Å². The average Bonchev–Trinajstić information content (AvgIpc) is 2.73. The average molecular weight is 236 g/mol. The highest BCUT2D eigenvalue weighted by Gasteiger charge is 2.19. The van der Waals surface area contributed by atoms with Crippen LogP contribution in [0.3, 0.4) is 0 Å². The van der Waals surface area contributed by atoms with Gasteiger partial charge in [0.1, 0.15) is 0 Å². The van der Waals surface area contributed by atoms with Gasteiger partial charge < -0.3 is 9.47 Å². The van der Waals surface area contributed by atoms with Gasteiger partial charge in [-0.2, -0.15) is 9.50 Å². The number of H-pyrrole nitrogens is 1. The van der Waals surface area contributed by atoms with Gasteiger partial charge in [-0.25, -0.2) is 0 Å². The molecule has 1 aliphatic rings. The molecule has 0 saturated heterocycles. The van der Waals surface area contributed by atoms with Crippen LogP contribution in [0.4, 0.5) is 0 Å². The highest BCUT2D eigenvalue weighted by atomic mass is 16.5. The zero-order valence-electron chi connectivity index (χ0n) is 9.39. The zero-order chi connectivity index (χ0) is 11.8. The molecule has 0 saturated carbocycles. The molecule has 7 heteroatoms. The van der Waals surface area contributed by atoms with Crippen molar-refractivity contribution in [3.63, 3.8) is 0 Å². The Labute approximate surface area is 96.4 Å². The van der Waals surface area contributed by atoms with Crippen LogP contribution in [-0.4, -0.2) is 32.8 Å². The first-order valence-electron chi connectivity index (χ1n) is 5.51. The van der Waals surface area contributed by atoms with Gasteiger partial charge in [0.25, 0.3) is 5.56 Å². The third-order valence-electron chi connectivity index (χ3n) is 2.69. The molecule has 2 aromatic rings. The van der Waals surface area contributed by atoms with Crippen molar-refractivity contribution in [1.82, 2.24) is 19.6 Å². The topological polar surface area (TPSA) is 81.5 Å². The van der Waals surface area contributed by atoms with Crippen molar-refractivity contribution in [2.75, 3.05) is 13.2 Å². The van der Waals surface area contributed by atoms with Crippen LogP contribution in [0.2, 0.25) is 0 Å². The van der Waals surface area contributed by atoms with Crippen LogP contribution in [0.15, 0.2) is 4.79 Å². The van der Waals surface area contributed by atoms with Crippen LogP contribution in [-0.2, 0) is 17.8 Å². The molecular weight excluding hydrogens is 224 g/mol. The van der Waals surface area contributed by atoms with E-state index in [-0.39, 0.29) is 11.6 Å². The fraction of sp³-hybridized carbons (Fsp3) is 0.500. The third kappa shape index (κ3) is 1.59. The summed E-state index contributed by atoms with van der Waals surface area (Å²) in [5.74, 6) is 0.416. The van der Waals surface area contributed by atoms with Gasteiger partial charge in [0.05, 0.1) is 31.1 Å². The second-order valence-electron chi connectivity index (χ2n) is 3.74. The lowest BCUT2D eigenvalue weighted by Crippen LogP contribution is -2.25. The lowest BCUT2D eigenvalue weighted by molar-refractivity contribution is 0.107.